The molecule has 3 aromatic rings. The fourth-order valence-electron chi connectivity index (χ4n) is 1.59. The fourth-order valence-corrected chi connectivity index (χ4v) is 1.59. The Morgan fingerprint density at radius 3 is 1.95 bits per heavy atom. The van der Waals surface area contributed by atoms with Crippen LogP contribution in [0, 0.1) is 0 Å². The summed E-state index contributed by atoms with van der Waals surface area (Å²) in [5, 5.41) is 18.3. The van der Waals surface area contributed by atoms with Gasteiger partial charge in [0, 0.05) is 0 Å². The molecule has 0 aliphatic heterocycles. The normalized spacial score (nSPS) is 9.05. The molecule has 0 bridgehead atoms. The van der Waals surface area contributed by atoms with Crippen molar-refractivity contribution in [1.82, 2.24) is 0 Å². The van der Waals surface area contributed by atoms with E-state index in [9.17, 15) is 5.11 Å². The molecule has 3 rings (SSSR count). The van der Waals surface area contributed by atoms with Crippen molar-refractivity contribution in [1.29, 1.82) is 0 Å². The van der Waals surface area contributed by atoms with Gasteiger partial charge in [-0.3, -0.25) is 0 Å². The topological polar surface area (TPSA) is 40.5 Å². The van der Waals surface area contributed by atoms with Gasteiger partial charge in [-0.2, -0.15) is 30.3 Å². The van der Waals surface area contributed by atoms with Gasteiger partial charge in [0.1, 0.15) is 11.5 Å². The minimum atomic E-state index is -0.0877. The molecule has 2 nitrogen and oxygen atoms in total. The number of hydrogen-bond donors (Lipinski definition) is 2. The summed E-state index contributed by atoms with van der Waals surface area (Å²) in [5.74, 6) is -0.172. The van der Waals surface area contributed by atoms with Crippen LogP contribution in [-0.4, -0.2) is 10.2 Å². The number of phenols is 2. The van der Waals surface area contributed by atoms with Gasteiger partial charge in [0.25, 0.3) is 0 Å². The molecule has 0 unspecified atom stereocenters. The Balaban J connectivity index is 0.000000256. The molecule has 0 spiro atoms. The van der Waals surface area contributed by atoms with Crippen LogP contribution in [0.5, 0.6) is 11.5 Å². The Morgan fingerprint density at radius 1 is 0.842 bits per heavy atom. The van der Waals surface area contributed by atoms with E-state index >= 15 is 0 Å². The van der Waals surface area contributed by atoms with Crippen molar-refractivity contribution in [2.75, 3.05) is 0 Å². The molecule has 0 saturated heterocycles. The monoisotopic (exact) mass is 294 g/mol. The zero-order valence-electron chi connectivity index (χ0n) is 10.2. The molecule has 0 aromatic heterocycles. The molecule has 0 saturated carbocycles. The van der Waals surface area contributed by atoms with Crippen molar-refractivity contribution >= 4 is 0 Å². The molecular formula is C16H14FeO2. The first-order chi connectivity index (χ1) is 8.77. The molecular weight excluding hydrogens is 280 g/mol. The second-order valence-electron chi connectivity index (χ2n) is 3.84. The van der Waals surface area contributed by atoms with Gasteiger partial charge in [-0.1, -0.05) is 17.7 Å². The van der Waals surface area contributed by atoms with Crippen molar-refractivity contribution in [2.45, 2.75) is 0 Å². The van der Waals surface area contributed by atoms with E-state index in [4.69, 9.17) is 5.11 Å². The molecule has 19 heavy (non-hydrogen) atoms. The SMILES string of the molecule is Oc1ccc(-[c-]2cccc2)cc1O.[Fe+2].c1cc[cH-]c1. The van der Waals surface area contributed by atoms with Crippen molar-refractivity contribution in [3.05, 3.63) is 72.8 Å². The number of phenolic OH excluding ortho intramolecular Hbond substituents is 2. The van der Waals surface area contributed by atoms with Crippen LogP contribution in [0.25, 0.3) is 11.1 Å². The summed E-state index contributed by atoms with van der Waals surface area (Å²) in [6.07, 6.45) is 0. The molecule has 0 heterocycles. The molecule has 2 N–H and O–H groups in total. The maximum absolute atomic E-state index is 9.25. The first kappa shape index (κ1) is 15.1. The molecule has 3 aromatic carbocycles. The summed E-state index contributed by atoms with van der Waals surface area (Å²) in [6.45, 7) is 0. The van der Waals surface area contributed by atoms with Crippen LogP contribution in [0.2, 0.25) is 0 Å². The van der Waals surface area contributed by atoms with Crippen molar-refractivity contribution in [2.24, 2.45) is 0 Å². The first-order valence-electron chi connectivity index (χ1n) is 5.68. The number of rotatable bonds is 1. The summed E-state index contributed by atoms with van der Waals surface area (Å²) in [5.41, 5.74) is 1.94. The molecule has 0 aliphatic carbocycles. The number of hydrogen-bond acceptors (Lipinski definition) is 2. The van der Waals surface area contributed by atoms with Crippen molar-refractivity contribution in [3.63, 3.8) is 0 Å². The quantitative estimate of drug-likeness (QED) is 0.406. The van der Waals surface area contributed by atoms with Gasteiger partial charge in [-0.25, -0.2) is 12.1 Å². The van der Waals surface area contributed by atoms with E-state index in [2.05, 4.69) is 0 Å². The maximum Gasteiger partial charge on any atom is 2.00 e. The Hall–Kier alpha value is -1.96. The smallest absolute Gasteiger partial charge is 0.512 e. The van der Waals surface area contributed by atoms with E-state index in [0.717, 1.165) is 11.1 Å². The molecule has 0 amide bonds. The van der Waals surface area contributed by atoms with E-state index in [1.807, 2.05) is 54.6 Å². The van der Waals surface area contributed by atoms with Crippen LogP contribution in [0.1, 0.15) is 0 Å². The van der Waals surface area contributed by atoms with Crippen LogP contribution in [0.15, 0.2) is 72.8 Å². The van der Waals surface area contributed by atoms with Crippen molar-refractivity contribution < 1.29 is 27.3 Å². The maximum atomic E-state index is 9.25. The number of benzene rings is 1. The molecule has 0 aliphatic rings. The van der Waals surface area contributed by atoms with E-state index in [1.165, 1.54) is 6.07 Å². The van der Waals surface area contributed by atoms with Gasteiger partial charge < -0.3 is 10.2 Å². The average molecular weight is 294 g/mol. The van der Waals surface area contributed by atoms with Gasteiger partial charge in [-0.05, 0) is 0 Å². The van der Waals surface area contributed by atoms with Crippen LogP contribution in [0.3, 0.4) is 0 Å². The van der Waals surface area contributed by atoms with Gasteiger partial charge in [0.05, 0.1) is 0 Å². The Bertz CT molecular complexity index is 552. The third kappa shape index (κ3) is 4.32. The summed E-state index contributed by atoms with van der Waals surface area (Å²) in [4.78, 5) is 0. The molecule has 98 valence electrons. The van der Waals surface area contributed by atoms with Crippen LogP contribution < -0.4 is 0 Å². The third-order valence-electron chi connectivity index (χ3n) is 2.53. The molecule has 0 radical (unpaired) electrons. The zero-order valence-corrected chi connectivity index (χ0v) is 11.3. The Labute approximate surface area is 123 Å². The summed E-state index contributed by atoms with van der Waals surface area (Å²) >= 11 is 0. The standard InChI is InChI=1S/C11H9O2.C5H5.Fe/c12-10-6-5-9(7-11(10)13)8-3-1-2-4-8;1-2-4-5-3-1;/h1-7,12-13H;1-5H;/q2*-1;+2. The average Bonchev–Trinajstić information content (AvgIpc) is 3.07. The Kier molecular flexibility index (Phi) is 5.94. The minimum absolute atomic E-state index is 0. The van der Waals surface area contributed by atoms with Crippen LogP contribution in [0.4, 0.5) is 0 Å². The summed E-state index contributed by atoms with van der Waals surface area (Å²) < 4.78 is 0. The van der Waals surface area contributed by atoms with E-state index in [0.29, 0.717) is 0 Å². The van der Waals surface area contributed by atoms with Crippen LogP contribution in [-0.2, 0) is 17.1 Å². The van der Waals surface area contributed by atoms with Gasteiger partial charge >= 0.3 is 17.1 Å². The summed E-state index contributed by atoms with van der Waals surface area (Å²) in [6, 6.07) is 22.6. The third-order valence-corrected chi connectivity index (χ3v) is 2.53. The van der Waals surface area contributed by atoms with E-state index in [1.54, 1.807) is 12.1 Å². The van der Waals surface area contributed by atoms with Crippen LogP contribution >= 0.6 is 0 Å². The second kappa shape index (κ2) is 7.47. The van der Waals surface area contributed by atoms with Gasteiger partial charge in [0.15, 0.2) is 0 Å². The second-order valence-corrected chi connectivity index (χ2v) is 3.84. The molecule has 0 atom stereocenters. The number of aromatic hydroxyl groups is 2. The van der Waals surface area contributed by atoms with Gasteiger partial charge in [-0.15, -0.1) is 23.8 Å². The summed E-state index contributed by atoms with van der Waals surface area (Å²) in [7, 11) is 0. The molecule has 0 fully saturated rings. The largest absolute Gasteiger partial charge is 2.00 e. The Morgan fingerprint density at radius 2 is 1.47 bits per heavy atom. The van der Waals surface area contributed by atoms with Crippen molar-refractivity contribution in [3.8, 4) is 22.6 Å². The predicted molar refractivity (Wildman–Crippen MR) is 72.8 cm³/mol. The predicted octanol–water partition coefficient (Wildman–Crippen LogP) is 3.89. The minimum Gasteiger partial charge on any atom is -0.512 e. The fraction of sp³-hybridized carbons (Fsp3) is 0. The van der Waals surface area contributed by atoms with Gasteiger partial charge in [0.2, 0.25) is 0 Å². The zero-order chi connectivity index (χ0) is 12.8. The first-order valence-corrected chi connectivity index (χ1v) is 5.68. The van der Waals surface area contributed by atoms with E-state index < -0.39 is 0 Å². The molecule has 3 heteroatoms. The van der Waals surface area contributed by atoms with E-state index in [-0.39, 0.29) is 28.6 Å².